The van der Waals surface area contributed by atoms with Crippen molar-refractivity contribution in [3.8, 4) is 0 Å². The van der Waals surface area contributed by atoms with E-state index in [1.165, 1.54) is 0 Å². The number of carbonyl (C=O) groups is 1. The van der Waals surface area contributed by atoms with Gasteiger partial charge in [0.25, 0.3) is 0 Å². The molecule has 0 radical (unpaired) electrons. The van der Waals surface area contributed by atoms with Gasteiger partial charge in [0, 0.05) is 25.0 Å². The largest absolute Gasteiger partial charge is 0.462 e. The third kappa shape index (κ3) is 3.04. The molecule has 1 rings (SSSR count). The lowest BCUT2D eigenvalue weighted by molar-refractivity contribution is 0.0521. The van der Waals surface area contributed by atoms with Crippen LogP contribution in [0.25, 0.3) is 0 Å². The Labute approximate surface area is 120 Å². The molecule has 1 heterocycles. The number of esters is 1. The molecule has 0 unspecified atom stereocenters. The number of aromatic nitrogens is 1. The molecule has 0 spiro atoms. The highest BCUT2D eigenvalue weighted by molar-refractivity contribution is 7.89. The molecule has 0 aliphatic rings. The highest BCUT2D eigenvalue weighted by Gasteiger charge is 2.31. The number of nitrogens with zero attached hydrogens (tertiary/aromatic N) is 1. The van der Waals surface area contributed by atoms with Crippen LogP contribution in [-0.2, 0) is 21.8 Å². The predicted octanol–water partition coefficient (Wildman–Crippen LogP) is 1.51. The second-order valence-electron chi connectivity index (χ2n) is 4.55. The number of sulfonamides is 1. The first-order valence-electron chi connectivity index (χ1n) is 6.60. The Morgan fingerprint density at radius 3 is 2.35 bits per heavy atom. The maximum atomic E-state index is 12.4. The lowest BCUT2D eigenvalue weighted by atomic mass is 10.2. The number of nitrogens with one attached hydrogen (secondary N) is 1. The minimum absolute atomic E-state index is 0.0180. The van der Waals surface area contributed by atoms with E-state index >= 15 is 0 Å². The van der Waals surface area contributed by atoms with Gasteiger partial charge in [0.15, 0.2) is 0 Å². The van der Waals surface area contributed by atoms with Crippen molar-refractivity contribution in [1.82, 2.24) is 9.29 Å². The van der Waals surface area contributed by atoms with Crippen molar-refractivity contribution < 1.29 is 17.9 Å². The van der Waals surface area contributed by atoms with Crippen molar-refractivity contribution in [2.75, 3.05) is 13.2 Å². The van der Waals surface area contributed by atoms with Crippen LogP contribution in [-0.4, -0.2) is 32.1 Å². The van der Waals surface area contributed by atoms with E-state index in [4.69, 9.17) is 4.74 Å². The van der Waals surface area contributed by atoms with E-state index in [9.17, 15) is 13.2 Å². The monoisotopic (exact) mass is 302 g/mol. The highest BCUT2D eigenvalue weighted by atomic mass is 32.2. The van der Waals surface area contributed by atoms with Crippen LogP contribution in [0, 0.1) is 13.8 Å². The Hall–Kier alpha value is -1.34. The smallest absolute Gasteiger partial charge is 0.341 e. The van der Waals surface area contributed by atoms with Gasteiger partial charge in [-0.2, -0.15) is 0 Å². The summed E-state index contributed by atoms with van der Waals surface area (Å²) in [6.45, 7) is 7.48. The topological polar surface area (TPSA) is 77.4 Å². The molecule has 0 aromatic carbocycles. The number of rotatable bonds is 6. The van der Waals surface area contributed by atoms with Gasteiger partial charge in [0.2, 0.25) is 10.0 Å². The average molecular weight is 302 g/mol. The van der Waals surface area contributed by atoms with Crippen molar-refractivity contribution in [3.63, 3.8) is 0 Å². The molecular formula is C13H22N2O4S. The molecule has 0 bridgehead atoms. The summed E-state index contributed by atoms with van der Waals surface area (Å²) in [5.74, 6) is -0.606. The Morgan fingerprint density at radius 2 is 1.85 bits per heavy atom. The van der Waals surface area contributed by atoms with Crippen LogP contribution in [0.4, 0.5) is 0 Å². The fraction of sp³-hybridized carbons (Fsp3) is 0.615. The summed E-state index contributed by atoms with van der Waals surface area (Å²) in [7, 11) is -1.99. The fourth-order valence-electron chi connectivity index (χ4n) is 2.00. The van der Waals surface area contributed by atoms with Crippen LogP contribution in [0.15, 0.2) is 4.90 Å². The summed E-state index contributed by atoms with van der Waals surface area (Å²) >= 11 is 0. The number of hydrogen-bond acceptors (Lipinski definition) is 4. The van der Waals surface area contributed by atoms with Gasteiger partial charge >= 0.3 is 5.97 Å². The van der Waals surface area contributed by atoms with E-state index < -0.39 is 16.0 Å². The van der Waals surface area contributed by atoms with Gasteiger partial charge in [-0.1, -0.05) is 6.92 Å². The quantitative estimate of drug-likeness (QED) is 0.808. The second kappa shape index (κ2) is 6.41. The van der Waals surface area contributed by atoms with Crippen LogP contribution in [0.1, 0.15) is 42.0 Å². The first-order chi connectivity index (χ1) is 9.27. The fourth-order valence-corrected chi connectivity index (χ4v) is 3.64. The molecule has 1 aromatic rings. The van der Waals surface area contributed by atoms with E-state index in [0.717, 1.165) is 0 Å². The first-order valence-corrected chi connectivity index (χ1v) is 8.08. The van der Waals surface area contributed by atoms with Crippen LogP contribution in [0.2, 0.25) is 0 Å². The number of hydrogen-bond donors (Lipinski definition) is 1. The molecule has 114 valence electrons. The molecule has 6 nitrogen and oxygen atoms in total. The maximum absolute atomic E-state index is 12.4. The minimum Gasteiger partial charge on any atom is -0.462 e. The molecular weight excluding hydrogens is 280 g/mol. The average Bonchev–Trinajstić information content (AvgIpc) is 2.61. The molecule has 0 aliphatic heterocycles. The zero-order valence-electron chi connectivity index (χ0n) is 12.6. The standard InChI is InChI=1S/C13H22N2O4S/c1-6-8-14-20(17,18)12-10(4)15(5)9(3)11(12)13(16)19-7-2/h14H,6-8H2,1-5H3. The molecule has 0 saturated heterocycles. The Kier molecular flexibility index (Phi) is 5.35. The maximum Gasteiger partial charge on any atom is 0.341 e. The van der Waals surface area contributed by atoms with Crippen molar-refractivity contribution in [2.45, 2.75) is 39.0 Å². The molecule has 1 aromatic heterocycles. The van der Waals surface area contributed by atoms with Gasteiger partial charge in [-0.15, -0.1) is 0 Å². The third-order valence-electron chi connectivity index (χ3n) is 3.21. The first kappa shape index (κ1) is 16.7. The van der Waals surface area contributed by atoms with Crippen molar-refractivity contribution in [2.24, 2.45) is 7.05 Å². The number of carbonyl (C=O) groups excluding carboxylic acids is 1. The minimum atomic E-state index is -3.72. The Balaban J connectivity index is 3.46. The van der Waals surface area contributed by atoms with Gasteiger partial charge in [-0.3, -0.25) is 0 Å². The molecule has 0 fully saturated rings. The Bertz CT molecular complexity index is 602. The van der Waals surface area contributed by atoms with Gasteiger partial charge in [-0.05, 0) is 27.2 Å². The highest BCUT2D eigenvalue weighted by Crippen LogP contribution is 2.26. The normalized spacial score (nSPS) is 11.7. The molecule has 7 heteroatoms. The van der Waals surface area contributed by atoms with Crippen LogP contribution in [0.5, 0.6) is 0 Å². The predicted molar refractivity (Wildman–Crippen MR) is 76.3 cm³/mol. The van der Waals surface area contributed by atoms with Gasteiger partial charge in [0.05, 0.1) is 6.61 Å². The summed E-state index contributed by atoms with van der Waals surface area (Å²) in [4.78, 5) is 12.1. The summed E-state index contributed by atoms with van der Waals surface area (Å²) in [5, 5.41) is 0. The molecule has 1 N–H and O–H groups in total. The SMILES string of the molecule is CCCNS(=O)(=O)c1c(C(=O)OCC)c(C)n(C)c1C. The third-order valence-corrected chi connectivity index (χ3v) is 4.84. The second-order valence-corrected chi connectivity index (χ2v) is 6.26. The van der Waals surface area contributed by atoms with Crippen LogP contribution < -0.4 is 4.72 Å². The zero-order chi connectivity index (χ0) is 15.5. The summed E-state index contributed by atoms with van der Waals surface area (Å²) in [6, 6.07) is 0. The van der Waals surface area contributed by atoms with Gasteiger partial charge in [0.1, 0.15) is 10.5 Å². The Morgan fingerprint density at radius 1 is 1.25 bits per heavy atom. The van der Waals surface area contributed by atoms with E-state index in [2.05, 4.69) is 4.72 Å². The molecule has 0 amide bonds. The van der Waals surface area contributed by atoms with E-state index in [-0.39, 0.29) is 17.1 Å². The lowest BCUT2D eigenvalue weighted by Crippen LogP contribution is -2.26. The molecule has 0 atom stereocenters. The summed E-state index contributed by atoms with van der Waals surface area (Å²) in [5.41, 5.74) is 1.22. The van der Waals surface area contributed by atoms with E-state index in [0.29, 0.717) is 24.4 Å². The van der Waals surface area contributed by atoms with E-state index in [1.807, 2.05) is 6.92 Å². The van der Waals surface area contributed by atoms with Crippen LogP contribution >= 0.6 is 0 Å². The lowest BCUT2D eigenvalue weighted by Gasteiger charge is -2.08. The molecule has 0 saturated carbocycles. The zero-order valence-corrected chi connectivity index (χ0v) is 13.4. The molecule has 20 heavy (non-hydrogen) atoms. The summed E-state index contributed by atoms with van der Waals surface area (Å²) in [6.07, 6.45) is 0.679. The van der Waals surface area contributed by atoms with Gasteiger partial charge in [-0.25, -0.2) is 17.9 Å². The van der Waals surface area contributed by atoms with Crippen LogP contribution in [0.3, 0.4) is 0 Å². The van der Waals surface area contributed by atoms with Crippen molar-refractivity contribution in [1.29, 1.82) is 0 Å². The van der Waals surface area contributed by atoms with Crippen molar-refractivity contribution in [3.05, 3.63) is 17.0 Å². The van der Waals surface area contributed by atoms with E-state index in [1.54, 1.807) is 32.4 Å². The molecule has 0 aliphatic carbocycles. The van der Waals surface area contributed by atoms with Crippen molar-refractivity contribution >= 4 is 16.0 Å². The number of ether oxygens (including phenoxy) is 1. The summed E-state index contributed by atoms with van der Waals surface area (Å²) < 4.78 is 33.9. The van der Waals surface area contributed by atoms with Gasteiger partial charge < -0.3 is 9.30 Å².